The number of carboxylic acid groups (broad SMARTS) is 1. The van der Waals surface area contributed by atoms with Gasteiger partial charge in [-0.25, -0.2) is 9.80 Å². The molecule has 0 aromatic rings. The van der Waals surface area contributed by atoms with Crippen LogP contribution in [-0.2, 0) is 9.59 Å². The Morgan fingerprint density at radius 3 is 2.21 bits per heavy atom. The van der Waals surface area contributed by atoms with E-state index in [4.69, 9.17) is 5.11 Å². The summed E-state index contributed by atoms with van der Waals surface area (Å²) in [4.78, 5) is 21.3. The van der Waals surface area contributed by atoms with Crippen molar-refractivity contribution in [2.75, 3.05) is 0 Å². The smallest absolute Gasteiger partial charge is 0.395 e. The largest absolute Gasteiger partial charge is 0.474 e. The normalized spacial score (nSPS) is 28.4. The molecule has 0 aromatic heterocycles. The molecule has 80 valence electrons. The number of nitrogens with zero attached hydrogens (tertiary/aromatic N) is 1. The summed E-state index contributed by atoms with van der Waals surface area (Å²) in [5, 5.41) is 10.2. The minimum absolute atomic E-state index is 0.210. The number of carboxylic acids is 1. The third kappa shape index (κ3) is 2.45. The van der Waals surface area contributed by atoms with Gasteiger partial charge in [0.15, 0.2) is 0 Å². The predicted octanol–water partition coefficient (Wildman–Crippen LogP) is 0.365. The number of hydrogen-bond donors (Lipinski definition) is 2. The van der Waals surface area contributed by atoms with Crippen LogP contribution in [0.2, 0.25) is 0 Å². The molecule has 0 aromatic carbocycles. The highest BCUT2D eigenvalue weighted by atomic mass is 16.4. The first kappa shape index (κ1) is 11.0. The summed E-state index contributed by atoms with van der Waals surface area (Å²) in [7, 11) is 0. The van der Waals surface area contributed by atoms with E-state index in [-0.39, 0.29) is 12.1 Å². The topological polar surface area (TPSA) is 69.6 Å². The van der Waals surface area contributed by atoms with Crippen molar-refractivity contribution in [1.82, 2.24) is 10.4 Å². The van der Waals surface area contributed by atoms with Crippen LogP contribution in [0.5, 0.6) is 0 Å². The van der Waals surface area contributed by atoms with Gasteiger partial charge in [-0.2, -0.15) is 0 Å². The Labute approximate surface area is 83.1 Å². The lowest BCUT2D eigenvalue weighted by atomic mass is 10.00. The Balaban J connectivity index is 2.56. The summed E-state index contributed by atoms with van der Waals surface area (Å²) in [6.07, 6.45) is 3.11. The summed E-state index contributed by atoms with van der Waals surface area (Å²) in [5.74, 6) is -2.39. The molecule has 2 unspecified atom stereocenters. The van der Waals surface area contributed by atoms with E-state index in [1.807, 2.05) is 13.8 Å². The minimum Gasteiger partial charge on any atom is -0.474 e. The van der Waals surface area contributed by atoms with Crippen LogP contribution in [0.15, 0.2) is 0 Å². The average molecular weight is 200 g/mol. The highest BCUT2D eigenvalue weighted by Crippen LogP contribution is 2.19. The van der Waals surface area contributed by atoms with Crippen LogP contribution in [0.3, 0.4) is 0 Å². The first-order chi connectivity index (χ1) is 6.52. The molecule has 1 aliphatic rings. The molecule has 2 N–H and O–H groups in total. The van der Waals surface area contributed by atoms with Gasteiger partial charge in [0.25, 0.3) is 0 Å². The highest BCUT2D eigenvalue weighted by molar-refractivity contribution is 6.31. The van der Waals surface area contributed by atoms with Crippen molar-refractivity contribution in [2.45, 2.75) is 45.2 Å². The molecular formula is C9H16N2O3. The lowest BCUT2D eigenvalue weighted by Gasteiger charge is -2.38. The van der Waals surface area contributed by atoms with Crippen LogP contribution in [0.4, 0.5) is 0 Å². The number of hydrazine groups is 1. The molecule has 0 bridgehead atoms. The molecule has 1 rings (SSSR count). The Hall–Kier alpha value is -1.10. The summed E-state index contributed by atoms with van der Waals surface area (Å²) in [6, 6.07) is 0.420. The second-order valence-corrected chi connectivity index (χ2v) is 3.78. The highest BCUT2D eigenvalue weighted by Gasteiger charge is 2.27. The lowest BCUT2D eigenvalue weighted by Crippen LogP contribution is -2.55. The standard InChI is InChI=1S/C9H16N2O3/c1-6-4-3-5-7(2)11(6)10-8(12)9(13)14/h6-7H,3-5H2,1-2H3,(H,10,12)(H,13,14). The first-order valence-corrected chi connectivity index (χ1v) is 4.84. The summed E-state index contributed by atoms with van der Waals surface area (Å²) in [6.45, 7) is 3.97. The van der Waals surface area contributed by atoms with E-state index in [9.17, 15) is 9.59 Å². The Morgan fingerprint density at radius 2 is 1.79 bits per heavy atom. The number of carbonyl (C=O) groups is 2. The zero-order valence-corrected chi connectivity index (χ0v) is 8.49. The number of piperidine rings is 1. The van der Waals surface area contributed by atoms with Crippen LogP contribution in [0, 0.1) is 0 Å². The van der Waals surface area contributed by atoms with Crippen molar-refractivity contribution in [3.8, 4) is 0 Å². The number of amides is 1. The zero-order chi connectivity index (χ0) is 10.7. The van der Waals surface area contributed by atoms with Crippen LogP contribution in [0.25, 0.3) is 0 Å². The van der Waals surface area contributed by atoms with Crippen molar-refractivity contribution >= 4 is 11.9 Å². The number of carbonyl (C=O) groups excluding carboxylic acids is 1. The van der Waals surface area contributed by atoms with E-state index in [1.165, 1.54) is 0 Å². The van der Waals surface area contributed by atoms with Gasteiger partial charge in [0.1, 0.15) is 0 Å². The minimum atomic E-state index is -1.44. The van der Waals surface area contributed by atoms with Crippen LogP contribution >= 0.6 is 0 Å². The molecule has 1 amide bonds. The number of aliphatic carboxylic acids is 1. The average Bonchev–Trinajstić information content (AvgIpc) is 2.11. The third-order valence-electron chi connectivity index (χ3n) is 2.62. The molecule has 1 aliphatic heterocycles. The maximum Gasteiger partial charge on any atom is 0.395 e. The van der Waals surface area contributed by atoms with Crippen molar-refractivity contribution in [3.05, 3.63) is 0 Å². The molecule has 0 aliphatic carbocycles. The second-order valence-electron chi connectivity index (χ2n) is 3.78. The van der Waals surface area contributed by atoms with Gasteiger partial charge in [0, 0.05) is 12.1 Å². The fraction of sp³-hybridized carbons (Fsp3) is 0.778. The SMILES string of the molecule is CC1CCCC(C)N1NC(=O)C(=O)O. The van der Waals surface area contributed by atoms with Crippen LogP contribution < -0.4 is 5.43 Å². The monoisotopic (exact) mass is 200 g/mol. The van der Waals surface area contributed by atoms with Gasteiger partial charge in [-0.3, -0.25) is 10.2 Å². The van der Waals surface area contributed by atoms with Crippen molar-refractivity contribution in [2.24, 2.45) is 0 Å². The molecule has 0 radical (unpaired) electrons. The molecular weight excluding hydrogens is 184 g/mol. The second kappa shape index (κ2) is 4.41. The summed E-state index contributed by atoms with van der Waals surface area (Å²) < 4.78 is 0. The van der Waals surface area contributed by atoms with E-state index < -0.39 is 11.9 Å². The zero-order valence-electron chi connectivity index (χ0n) is 8.49. The van der Waals surface area contributed by atoms with E-state index in [0.29, 0.717) is 0 Å². The van der Waals surface area contributed by atoms with E-state index >= 15 is 0 Å². The molecule has 14 heavy (non-hydrogen) atoms. The van der Waals surface area contributed by atoms with Crippen LogP contribution in [0.1, 0.15) is 33.1 Å². The lowest BCUT2D eigenvalue weighted by molar-refractivity contribution is -0.154. The van der Waals surface area contributed by atoms with Crippen molar-refractivity contribution < 1.29 is 14.7 Å². The quantitative estimate of drug-likeness (QED) is 0.600. The summed E-state index contributed by atoms with van der Waals surface area (Å²) in [5.41, 5.74) is 2.41. The Morgan fingerprint density at radius 1 is 1.29 bits per heavy atom. The number of nitrogens with one attached hydrogen (secondary N) is 1. The van der Waals surface area contributed by atoms with Gasteiger partial charge < -0.3 is 5.11 Å². The summed E-state index contributed by atoms with van der Waals surface area (Å²) >= 11 is 0. The van der Waals surface area contributed by atoms with Gasteiger partial charge in [0.05, 0.1) is 0 Å². The van der Waals surface area contributed by atoms with E-state index in [1.54, 1.807) is 5.01 Å². The maximum absolute atomic E-state index is 10.9. The number of rotatable bonds is 1. The molecule has 0 saturated carbocycles. The number of hydrogen-bond acceptors (Lipinski definition) is 3. The van der Waals surface area contributed by atoms with Crippen molar-refractivity contribution in [1.29, 1.82) is 0 Å². The van der Waals surface area contributed by atoms with Gasteiger partial charge in [-0.1, -0.05) is 6.42 Å². The molecule has 5 heteroatoms. The Kier molecular flexibility index (Phi) is 3.46. The molecule has 2 atom stereocenters. The van der Waals surface area contributed by atoms with E-state index in [2.05, 4.69) is 5.43 Å². The first-order valence-electron chi connectivity index (χ1n) is 4.84. The van der Waals surface area contributed by atoms with Crippen LogP contribution in [-0.4, -0.2) is 34.1 Å². The fourth-order valence-corrected chi connectivity index (χ4v) is 1.81. The molecule has 1 fully saturated rings. The molecule has 0 spiro atoms. The van der Waals surface area contributed by atoms with Gasteiger partial charge in [-0.05, 0) is 26.7 Å². The third-order valence-corrected chi connectivity index (χ3v) is 2.62. The van der Waals surface area contributed by atoms with E-state index in [0.717, 1.165) is 19.3 Å². The maximum atomic E-state index is 10.9. The molecule has 5 nitrogen and oxygen atoms in total. The Bertz CT molecular complexity index is 232. The molecule has 1 saturated heterocycles. The van der Waals surface area contributed by atoms with Gasteiger partial charge in [0.2, 0.25) is 0 Å². The predicted molar refractivity (Wildman–Crippen MR) is 50.4 cm³/mol. The molecule has 1 heterocycles. The van der Waals surface area contributed by atoms with Gasteiger partial charge >= 0.3 is 11.9 Å². The fourth-order valence-electron chi connectivity index (χ4n) is 1.81. The van der Waals surface area contributed by atoms with Crippen molar-refractivity contribution in [3.63, 3.8) is 0 Å². The van der Waals surface area contributed by atoms with Gasteiger partial charge in [-0.15, -0.1) is 0 Å².